The van der Waals surface area contributed by atoms with Gasteiger partial charge in [0.25, 0.3) is 11.8 Å². The second kappa shape index (κ2) is 9.27. The van der Waals surface area contributed by atoms with Gasteiger partial charge in [0, 0.05) is 24.8 Å². The summed E-state index contributed by atoms with van der Waals surface area (Å²) in [5.74, 6) is -3.59. The number of aliphatic hydroxyl groups is 2. The molecule has 2 aromatic rings. The van der Waals surface area contributed by atoms with E-state index in [-0.39, 0.29) is 41.7 Å². The van der Waals surface area contributed by atoms with E-state index in [1.807, 2.05) is 6.07 Å². The number of carbonyl (C=O) groups excluding carboxylic acids is 2. The second-order valence-corrected chi connectivity index (χ2v) is 11.3. The highest BCUT2D eigenvalue weighted by molar-refractivity contribution is 5.98. The lowest BCUT2D eigenvalue weighted by Gasteiger charge is -2.51. The maximum Gasteiger partial charge on any atom is 0.270 e. The zero-order chi connectivity index (χ0) is 29.2. The molecule has 0 radical (unpaired) electrons. The lowest BCUT2D eigenvalue weighted by Crippen LogP contribution is -2.81. The van der Waals surface area contributed by atoms with Gasteiger partial charge in [-0.1, -0.05) is 26.0 Å². The van der Waals surface area contributed by atoms with Crippen LogP contribution in [-0.2, 0) is 5.41 Å². The molecule has 0 bridgehead atoms. The summed E-state index contributed by atoms with van der Waals surface area (Å²) in [5.41, 5.74) is -0.686. The van der Waals surface area contributed by atoms with Crippen LogP contribution in [0.15, 0.2) is 36.8 Å². The van der Waals surface area contributed by atoms with Gasteiger partial charge in [0.15, 0.2) is 17.6 Å². The van der Waals surface area contributed by atoms with E-state index >= 15 is 0 Å². The van der Waals surface area contributed by atoms with Gasteiger partial charge in [-0.2, -0.15) is 0 Å². The number of benzene rings is 1. The Morgan fingerprint density at radius 1 is 1.20 bits per heavy atom. The van der Waals surface area contributed by atoms with Crippen LogP contribution in [0.3, 0.4) is 0 Å². The molecular formula is C26H32N10O5. The fourth-order valence-electron chi connectivity index (χ4n) is 6.25. The van der Waals surface area contributed by atoms with Crippen LogP contribution in [-0.4, -0.2) is 98.1 Å². The fraction of sp³-hybridized carbons (Fsp3) is 0.462. The Morgan fingerprint density at radius 2 is 2.00 bits per heavy atom. The number of para-hydroxylation sites is 1. The van der Waals surface area contributed by atoms with Crippen LogP contribution in [0.2, 0.25) is 0 Å². The molecule has 0 saturated carbocycles. The summed E-state index contributed by atoms with van der Waals surface area (Å²) in [6, 6.07) is 3.86. The quantitative estimate of drug-likeness (QED) is 0.184. The lowest BCUT2D eigenvalue weighted by atomic mass is 9.79. The van der Waals surface area contributed by atoms with E-state index in [1.165, 1.54) is 23.5 Å². The predicted octanol–water partition coefficient (Wildman–Crippen LogP) is -1.84. The Hall–Kier alpha value is -4.50. The van der Waals surface area contributed by atoms with Crippen LogP contribution in [0.1, 0.15) is 46.7 Å². The van der Waals surface area contributed by atoms with E-state index in [0.717, 1.165) is 12.0 Å². The van der Waals surface area contributed by atoms with Crippen LogP contribution in [0.4, 0.5) is 0 Å². The molecule has 1 spiro atoms. The molecule has 4 aliphatic heterocycles. The standard InChI is InChI=1S/C26H32N10O5/c1-24(2)7-9-41-18-13(4-3-5-14(18)24)20(37)33-17-11-36-23(28)32-16(10-30-21(38)15-6-8-29-12-31-15)19-25(36,26(17,39)40)35-22(27)34-19/h3-6,8,12,16-17,19,39-40H,7,9-11H2,1-2H3,(H2,28,32)(H,30,38)(H,33,37)(H3,27,34,35)/t16-,17?,19-,25?/m0/s1. The summed E-state index contributed by atoms with van der Waals surface area (Å²) in [4.78, 5) is 35.2. The van der Waals surface area contributed by atoms with Crippen molar-refractivity contribution in [3.05, 3.63) is 53.6 Å². The summed E-state index contributed by atoms with van der Waals surface area (Å²) in [5, 5.41) is 54.5. The molecule has 4 aliphatic rings. The summed E-state index contributed by atoms with van der Waals surface area (Å²) in [6.45, 7) is 4.42. The fourth-order valence-corrected chi connectivity index (χ4v) is 6.25. The molecule has 9 N–H and O–H groups in total. The third-order valence-corrected chi connectivity index (χ3v) is 8.46. The van der Waals surface area contributed by atoms with Crippen molar-refractivity contribution in [1.82, 2.24) is 41.5 Å². The molecule has 15 heteroatoms. The minimum atomic E-state index is -2.65. The first-order chi connectivity index (χ1) is 19.5. The highest BCUT2D eigenvalue weighted by atomic mass is 16.5. The SMILES string of the molecule is CC1(C)CCOc2c(C(=O)NC3CN4C(=N)N[C@@H](CNC(=O)c5ccncn5)[C@@H]5NC(=N)NC54C3(O)O)cccc21. The van der Waals surface area contributed by atoms with E-state index in [1.54, 1.807) is 12.1 Å². The van der Waals surface area contributed by atoms with Crippen molar-refractivity contribution in [2.75, 3.05) is 19.7 Å². The molecule has 3 saturated heterocycles. The van der Waals surface area contributed by atoms with Gasteiger partial charge in [0.1, 0.15) is 23.8 Å². The molecule has 5 heterocycles. The number of amides is 2. The topological polar surface area (TPSA) is 221 Å². The Morgan fingerprint density at radius 3 is 2.76 bits per heavy atom. The number of nitrogens with one attached hydrogen (secondary N) is 7. The largest absolute Gasteiger partial charge is 0.492 e. The number of nitrogens with zero attached hydrogens (tertiary/aromatic N) is 3. The molecule has 1 aromatic carbocycles. The van der Waals surface area contributed by atoms with Crippen LogP contribution >= 0.6 is 0 Å². The molecule has 2 unspecified atom stereocenters. The third-order valence-electron chi connectivity index (χ3n) is 8.46. The normalized spacial score (nSPS) is 28.6. The van der Waals surface area contributed by atoms with Crippen LogP contribution in [0.5, 0.6) is 5.75 Å². The number of rotatable bonds is 5. The monoisotopic (exact) mass is 564 g/mol. The Balaban J connectivity index is 1.26. The average molecular weight is 565 g/mol. The zero-order valence-electron chi connectivity index (χ0n) is 22.5. The molecule has 0 aliphatic carbocycles. The van der Waals surface area contributed by atoms with Crippen LogP contribution < -0.4 is 31.3 Å². The summed E-state index contributed by atoms with van der Waals surface area (Å²) in [6.07, 6.45) is 3.48. The first-order valence-corrected chi connectivity index (χ1v) is 13.3. The maximum absolute atomic E-state index is 13.6. The van der Waals surface area contributed by atoms with Gasteiger partial charge in [0.2, 0.25) is 5.79 Å². The minimum absolute atomic E-state index is 0.0379. The summed E-state index contributed by atoms with van der Waals surface area (Å²) in [7, 11) is 0. The van der Waals surface area contributed by atoms with E-state index in [0.29, 0.717) is 12.4 Å². The number of guanidine groups is 2. The van der Waals surface area contributed by atoms with E-state index in [2.05, 4.69) is 50.4 Å². The Kier molecular flexibility index (Phi) is 6.04. The molecule has 4 atom stereocenters. The van der Waals surface area contributed by atoms with Gasteiger partial charge >= 0.3 is 0 Å². The highest BCUT2D eigenvalue weighted by Gasteiger charge is 2.74. The average Bonchev–Trinajstić information content (AvgIpc) is 3.41. The summed E-state index contributed by atoms with van der Waals surface area (Å²) >= 11 is 0. The maximum atomic E-state index is 13.6. The van der Waals surface area contributed by atoms with Crippen molar-refractivity contribution in [2.45, 2.75) is 55.3 Å². The smallest absolute Gasteiger partial charge is 0.270 e. The van der Waals surface area contributed by atoms with Gasteiger partial charge in [-0.25, -0.2) is 9.97 Å². The first kappa shape index (κ1) is 26.7. The first-order valence-electron chi connectivity index (χ1n) is 13.3. The number of carbonyl (C=O) groups is 2. The van der Waals surface area contributed by atoms with E-state index in [4.69, 9.17) is 15.6 Å². The van der Waals surface area contributed by atoms with Crippen molar-refractivity contribution in [3.8, 4) is 5.75 Å². The Bertz CT molecular complexity index is 1430. The highest BCUT2D eigenvalue weighted by Crippen LogP contribution is 2.44. The Labute approximate surface area is 235 Å². The van der Waals surface area contributed by atoms with E-state index < -0.39 is 41.4 Å². The van der Waals surface area contributed by atoms with Crippen LogP contribution in [0.25, 0.3) is 0 Å². The molecule has 2 amide bonds. The van der Waals surface area contributed by atoms with Crippen molar-refractivity contribution < 1.29 is 24.5 Å². The van der Waals surface area contributed by atoms with Crippen molar-refractivity contribution in [3.63, 3.8) is 0 Å². The number of fused-ring (bicyclic) bond motifs is 1. The van der Waals surface area contributed by atoms with Crippen molar-refractivity contribution in [1.29, 1.82) is 10.8 Å². The van der Waals surface area contributed by atoms with Crippen molar-refractivity contribution >= 4 is 23.7 Å². The van der Waals surface area contributed by atoms with Crippen LogP contribution in [0, 0.1) is 10.8 Å². The number of aromatic nitrogens is 2. The van der Waals surface area contributed by atoms with E-state index in [9.17, 15) is 19.8 Å². The molecule has 3 fully saturated rings. The molecule has 6 rings (SSSR count). The number of hydrogen-bond donors (Lipinski definition) is 9. The van der Waals surface area contributed by atoms with Gasteiger partial charge < -0.3 is 46.4 Å². The summed E-state index contributed by atoms with van der Waals surface area (Å²) < 4.78 is 5.88. The van der Waals surface area contributed by atoms with Gasteiger partial charge in [0.05, 0.1) is 24.3 Å². The number of hydrogen-bond acceptors (Lipinski definition) is 9. The minimum Gasteiger partial charge on any atom is -0.492 e. The zero-order valence-corrected chi connectivity index (χ0v) is 22.5. The predicted molar refractivity (Wildman–Crippen MR) is 144 cm³/mol. The van der Waals surface area contributed by atoms with Crippen molar-refractivity contribution in [2.24, 2.45) is 0 Å². The third kappa shape index (κ3) is 4.02. The van der Waals surface area contributed by atoms with Gasteiger partial charge in [-0.3, -0.25) is 20.4 Å². The van der Waals surface area contributed by atoms with Gasteiger partial charge in [-0.05, 0) is 24.0 Å². The number of ether oxygens (including phenoxy) is 1. The second-order valence-electron chi connectivity index (χ2n) is 11.3. The molecule has 15 nitrogen and oxygen atoms in total. The van der Waals surface area contributed by atoms with Gasteiger partial charge in [-0.15, -0.1) is 0 Å². The molecular weight excluding hydrogens is 532 g/mol. The molecule has 1 aromatic heterocycles. The lowest BCUT2D eigenvalue weighted by molar-refractivity contribution is -0.232. The molecule has 41 heavy (non-hydrogen) atoms. The molecule has 216 valence electrons.